The molecule has 0 N–H and O–H groups in total. The van der Waals surface area contributed by atoms with Gasteiger partial charge in [-0.05, 0) is 50.9 Å². The van der Waals surface area contributed by atoms with Gasteiger partial charge in [0.05, 0.1) is 16.8 Å². The highest BCUT2D eigenvalue weighted by Crippen LogP contribution is 2.34. The molecule has 7 heteroatoms. The normalized spacial score (nSPS) is 21.4. The largest absolute Gasteiger partial charge is 0.347 e. The summed E-state index contributed by atoms with van der Waals surface area (Å²) in [7, 11) is 2.14. The fraction of sp³-hybridized carbons (Fsp3) is 0.550. The van der Waals surface area contributed by atoms with Crippen molar-refractivity contribution in [3.05, 3.63) is 35.9 Å². The Morgan fingerprint density at radius 2 is 1.93 bits per heavy atom. The number of para-hydroxylation sites is 1. The van der Waals surface area contributed by atoms with Gasteiger partial charge in [0, 0.05) is 26.1 Å². The molecule has 2 aliphatic heterocycles. The standard InChI is InChI=1S/C20H26N6S/c1-24-18(14-25-10-4-5-11-25)22-23-19(24)15-7-6-12-26(13-15)20-21-16-8-2-3-9-17(16)27-20/h2-3,8-9,15H,4-7,10-14H2,1H3. The summed E-state index contributed by atoms with van der Waals surface area (Å²) in [5.41, 5.74) is 1.10. The molecule has 0 bridgehead atoms. The maximum Gasteiger partial charge on any atom is 0.186 e. The number of hydrogen-bond donors (Lipinski definition) is 0. The molecule has 2 saturated heterocycles. The third-order valence-electron chi connectivity index (χ3n) is 5.90. The molecule has 2 fully saturated rings. The van der Waals surface area contributed by atoms with E-state index in [9.17, 15) is 0 Å². The Labute approximate surface area is 163 Å². The number of nitrogens with zero attached hydrogens (tertiary/aromatic N) is 6. The molecule has 3 aromatic rings. The number of aromatic nitrogens is 4. The zero-order valence-corrected chi connectivity index (χ0v) is 16.7. The Morgan fingerprint density at radius 3 is 2.78 bits per heavy atom. The quantitative estimate of drug-likeness (QED) is 0.692. The number of thiazole rings is 1. The van der Waals surface area contributed by atoms with E-state index in [1.165, 1.54) is 43.5 Å². The van der Waals surface area contributed by atoms with Gasteiger partial charge in [0.25, 0.3) is 0 Å². The van der Waals surface area contributed by atoms with Crippen molar-refractivity contribution in [2.75, 3.05) is 31.1 Å². The summed E-state index contributed by atoms with van der Waals surface area (Å²) >= 11 is 1.80. The lowest BCUT2D eigenvalue weighted by Crippen LogP contribution is -2.35. The second kappa shape index (κ2) is 7.20. The van der Waals surface area contributed by atoms with Crippen LogP contribution in [-0.4, -0.2) is 50.8 Å². The lowest BCUT2D eigenvalue weighted by atomic mass is 9.97. The zero-order chi connectivity index (χ0) is 18.2. The van der Waals surface area contributed by atoms with E-state index < -0.39 is 0 Å². The van der Waals surface area contributed by atoms with Gasteiger partial charge in [0.2, 0.25) is 0 Å². The van der Waals surface area contributed by atoms with E-state index in [-0.39, 0.29) is 0 Å². The van der Waals surface area contributed by atoms with Gasteiger partial charge >= 0.3 is 0 Å². The monoisotopic (exact) mass is 382 g/mol. The van der Waals surface area contributed by atoms with Gasteiger partial charge in [-0.1, -0.05) is 23.5 Å². The number of rotatable bonds is 4. The molecule has 27 heavy (non-hydrogen) atoms. The molecule has 0 radical (unpaired) electrons. The van der Waals surface area contributed by atoms with Crippen LogP contribution in [0.1, 0.15) is 43.3 Å². The van der Waals surface area contributed by atoms with Gasteiger partial charge in [-0.2, -0.15) is 0 Å². The molecule has 5 rings (SSSR count). The van der Waals surface area contributed by atoms with E-state index in [2.05, 4.69) is 55.9 Å². The van der Waals surface area contributed by atoms with Gasteiger partial charge in [-0.25, -0.2) is 4.98 Å². The highest BCUT2D eigenvalue weighted by Gasteiger charge is 2.28. The summed E-state index contributed by atoms with van der Waals surface area (Å²) in [6.45, 7) is 5.37. The molecule has 2 aromatic heterocycles. The average molecular weight is 383 g/mol. The van der Waals surface area contributed by atoms with Gasteiger partial charge in [-0.3, -0.25) is 4.90 Å². The van der Waals surface area contributed by atoms with E-state index in [1.54, 1.807) is 11.3 Å². The van der Waals surface area contributed by atoms with Crippen LogP contribution in [-0.2, 0) is 13.6 Å². The molecule has 4 heterocycles. The number of hydrogen-bond acceptors (Lipinski definition) is 6. The molecule has 0 saturated carbocycles. The third kappa shape index (κ3) is 3.34. The van der Waals surface area contributed by atoms with Crippen molar-refractivity contribution >= 4 is 26.7 Å². The first kappa shape index (κ1) is 17.1. The minimum atomic E-state index is 0.426. The second-order valence-corrected chi connectivity index (χ2v) is 8.78. The maximum absolute atomic E-state index is 4.86. The van der Waals surface area contributed by atoms with E-state index in [0.29, 0.717) is 5.92 Å². The SMILES string of the molecule is Cn1c(CN2CCCC2)nnc1C1CCCN(c2nc3ccccc3s2)C1. The third-order valence-corrected chi connectivity index (χ3v) is 7.00. The first-order chi connectivity index (χ1) is 13.3. The molecule has 2 aliphatic rings. The minimum Gasteiger partial charge on any atom is -0.347 e. The lowest BCUT2D eigenvalue weighted by Gasteiger charge is -2.32. The van der Waals surface area contributed by atoms with Crippen molar-refractivity contribution in [3.63, 3.8) is 0 Å². The second-order valence-electron chi connectivity index (χ2n) is 7.77. The van der Waals surface area contributed by atoms with Crippen LogP contribution in [0.3, 0.4) is 0 Å². The number of likely N-dealkylation sites (tertiary alicyclic amines) is 1. The van der Waals surface area contributed by atoms with E-state index >= 15 is 0 Å². The molecule has 1 aromatic carbocycles. The Morgan fingerprint density at radius 1 is 1.07 bits per heavy atom. The predicted molar refractivity (Wildman–Crippen MR) is 109 cm³/mol. The van der Waals surface area contributed by atoms with Crippen LogP contribution in [0.25, 0.3) is 10.2 Å². The highest BCUT2D eigenvalue weighted by atomic mass is 32.1. The Bertz CT molecular complexity index is 893. The van der Waals surface area contributed by atoms with Crippen molar-refractivity contribution in [2.24, 2.45) is 7.05 Å². The van der Waals surface area contributed by atoms with Crippen molar-refractivity contribution < 1.29 is 0 Å². The lowest BCUT2D eigenvalue weighted by molar-refractivity contribution is 0.317. The van der Waals surface area contributed by atoms with Crippen LogP contribution in [0.4, 0.5) is 5.13 Å². The summed E-state index contributed by atoms with van der Waals surface area (Å²) in [5.74, 6) is 2.66. The molecule has 1 atom stereocenters. The fourth-order valence-corrected chi connectivity index (χ4v) is 5.37. The molecule has 1 unspecified atom stereocenters. The highest BCUT2D eigenvalue weighted by molar-refractivity contribution is 7.22. The molecule has 142 valence electrons. The molecule has 0 spiro atoms. The van der Waals surface area contributed by atoms with Gasteiger partial charge in [0.15, 0.2) is 5.13 Å². The summed E-state index contributed by atoms with van der Waals surface area (Å²) in [6.07, 6.45) is 4.97. The van der Waals surface area contributed by atoms with E-state index in [0.717, 1.165) is 41.9 Å². The van der Waals surface area contributed by atoms with Crippen molar-refractivity contribution in [2.45, 2.75) is 38.1 Å². The van der Waals surface area contributed by atoms with Crippen LogP contribution >= 0.6 is 11.3 Å². The number of fused-ring (bicyclic) bond motifs is 1. The Kier molecular flexibility index (Phi) is 4.57. The Balaban J connectivity index is 1.34. The topological polar surface area (TPSA) is 50.1 Å². The van der Waals surface area contributed by atoms with Crippen LogP contribution < -0.4 is 4.90 Å². The Hall–Kier alpha value is -1.99. The molecular weight excluding hydrogens is 356 g/mol. The van der Waals surface area contributed by atoms with E-state index in [1.807, 2.05) is 0 Å². The van der Waals surface area contributed by atoms with Crippen molar-refractivity contribution in [3.8, 4) is 0 Å². The summed E-state index contributed by atoms with van der Waals surface area (Å²) < 4.78 is 3.51. The van der Waals surface area contributed by atoms with Crippen molar-refractivity contribution in [1.29, 1.82) is 0 Å². The fourth-order valence-electron chi connectivity index (χ4n) is 4.37. The summed E-state index contributed by atoms with van der Waals surface area (Å²) in [5, 5.41) is 10.3. The first-order valence-electron chi connectivity index (χ1n) is 9.99. The van der Waals surface area contributed by atoms with Gasteiger partial charge in [0.1, 0.15) is 11.6 Å². The van der Waals surface area contributed by atoms with Crippen LogP contribution in [0.5, 0.6) is 0 Å². The van der Waals surface area contributed by atoms with Crippen LogP contribution in [0.2, 0.25) is 0 Å². The summed E-state index contributed by atoms with van der Waals surface area (Å²) in [4.78, 5) is 9.78. The molecule has 0 amide bonds. The van der Waals surface area contributed by atoms with Gasteiger partial charge in [-0.15, -0.1) is 10.2 Å². The van der Waals surface area contributed by atoms with Crippen LogP contribution in [0, 0.1) is 0 Å². The van der Waals surface area contributed by atoms with E-state index in [4.69, 9.17) is 4.98 Å². The minimum absolute atomic E-state index is 0.426. The van der Waals surface area contributed by atoms with Gasteiger partial charge < -0.3 is 9.47 Å². The smallest absolute Gasteiger partial charge is 0.186 e. The maximum atomic E-state index is 4.86. The first-order valence-corrected chi connectivity index (χ1v) is 10.8. The number of anilines is 1. The van der Waals surface area contributed by atoms with Crippen molar-refractivity contribution in [1.82, 2.24) is 24.6 Å². The van der Waals surface area contributed by atoms with Crippen LogP contribution in [0.15, 0.2) is 24.3 Å². The number of piperidine rings is 1. The predicted octanol–water partition coefficient (Wildman–Crippen LogP) is 3.40. The summed E-state index contributed by atoms with van der Waals surface area (Å²) in [6, 6.07) is 8.41. The molecule has 0 aliphatic carbocycles. The average Bonchev–Trinajstić information content (AvgIpc) is 3.43. The zero-order valence-electron chi connectivity index (χ0n) is 15.8. The molecular formula is C20H26N6S. The molecule has 6 nitrogen and oxygen atoms in total. The number of benzene rings is 1.